The normalized spacial score (nSPS) is 13.9. The zero-order chi connectivity index (χ0) is 34.8. The molecule has 248 valence electrons. The second kappa shape index (κ2) is 10.7. The number of aromatic nitrogens is 4. The van der Waals surface area contributed by atoms with Gasteiger partial charge in [0.25, 0.3) is 0 Å². The number of hydrogen-bond acceptors (Lipinski definition) is 3. The Morgan fingerprint density at radius 2 is 1.23 bits per heavy atom. The lowest BCUT2D eigenvalue weighted by Gasteiger charge is -2.26. The van der Waals surface area contributed by atoms with Crippen molar-refractivity contribution in [3.05, 3.63) is 169 Å². The molecule has 1 unspecified atom stereocenters. The van der Waals surface area contributed by atoms with Crippen molar-refractivity contribution < 1.29 is 0 Å². The van der Waals surface area contributed by atoms with Gasteiger partial charge >= 0.3 is 0 Å². The lowest BCUT2D eigenvalue weighted by atomic mass is 9.86. The molecule has 0 saturated heterocycles. The van der Waals surface area contributed by atoms with Crippen molar-refractivity contribution in [3.63, 3.8) is 0 Å². The molecular formula is C48H30N4S. The first-order valence-electron chi connectivity index (χ1n) is 18.2. The lowest BCUT2D eigenvalue weighted by molar-refractivity contribution is 0.882. The van der Waals surface area contributed by atoms with E-state index in [1.807, 2.05) is 11.3 Å². The van der Waals surface area contributed by atoms with Gasteiger partial charge in [-0.25, -0.2) is 9.97 Å². The second-order valence-corrected chi connectivity index (χ2v) is 15.2. The van der Waals surface area contributed by atoms with E-state index in [0.29, 0.717) is 0 Å². The van der Waals surface area contributed by atoms with Crippen LogP contribution in [0, 0.1) is 0 Å². The van der Waals surface area contributed by atoms with Crippen LogP contribution in [0.3, 0.4) is 0 Å². The second-order valence-electron chi connectivity index (χ2n) is 14.2. The molecule has 0 bridgehead atoms. The zero-order valence-corrected chi connectivity index (χ0v) is 29.6. The van der Waals surface area contributed by atoms with Crippen molar-refractivity contribution in [1.82, 2.24) is 19.1 Å². The maximum absolute atomic E-state index is 5.39. The summed E-state index contributed by atoms with van der Waals surface area (Å²) in [5.74, 6) is 0.948. The van der Waals surface area contributed by atoms with Gasteiger partial charge in [0.2, 0.25) is 0 Å². The molecule has 7 aromatic carbocycles. The van der Waals surface area contributed by atoms with E-state index in [1.54, 1.807) is 0 Å². The number of benzene rings is 7. The number of hydrogen-bond donors (Lipinski definition) is 0. The first-order chi connectivity index (χ1) is 26.2. The highest BCUT2D eigenvalue weighted by Crippen LogP contribution is 2.49. The van der Waals surface area contributed by atoms with Crippen LogP contribution in [0.1, 0.15) is 24.0 Å². The van der Waals surface area contributed by atoms with Crippen LogP contribution in [0.25, 0.3) is 97.9 Å². The molecule has 4 aromatic heterocycles. The monoisotopic (exact) mass is 694 g/mol. The highest BCUT2D eigenvalue weighted by molar-refractivity contribution is 7.25. The van der Waals surface area contributed by atoms with E-state index in [9.17, 15) is 0 Å². The summed E-state index contributed by atoms with van der Waals surface area (Å²) in [5, 5.41) is 7.58. The molecule has 1 aliphatic heterocycles. The third-order valence-electron chi connectivity index (χ3n) is 11.4. The van der Waals surface area contributed by atoms with Crippen molar-refractivity contribution in [2.45, 2.75) is 12.8 Å². The maximum atomic E-state index is 5.39. The van der Waals surface area contributed by atoms with Gasteiger partial charge in [-0.15, -0.1) is 11.3 Å². The molecule has 0 N–H and O–H groups in total. The van der Waals surface area contributed by atoms with Gasteiger partial charge < -0.3 is 9.13 Å². The standard InChI is InChI=1S/C48H30N4S/c1-28-32-18-11-19-37-44-36-17-5-9-23-43(36)53-48(44)52(46(32)37)42-25-24-29(27-38(28)42)45-35-16-2-6-20-39(35)49-47(50-45)30-12-10-13-31(26-30)51-40-21-7-3-14-33(40)34-15-4-8-22-41(34)51/h2-28H,1H3. The Morgan fingerprint density at radius 1 is 0.528 bits per heavy atom. The van der Waals surface area contributed by atoms with E-state index >= 15 is 0 Å². The van der Waals surface area contributed by atoms with Gasteiger partial charge in [-0.3, -0.25) is 0 Å². The van der Waals surface area contributed by atoms with Crippen molar-refractivity contribution >= 4 is 75.3 Å². The fourth-order valence-electron chi connectivity index (χ4n) is 8.97. The van der Waals surface area contributed by atoms with Crippen LogP contribution in [-0.2, 0) is 0 Å². The number of thiophene rings is 1. The van der Waals surface area contributed by atoms with E-state index in [2.05, 4.69) is 174 Å². The molecule has 1 aliphatic rings. The predicted octanol–water partition coefficient (Wildman–Crippen LogP) is 12.8. The molecule has 0 radical (unpaired) electrons. The third-order valence-corrected chi connectivity index (χ3v) is 12.5. The van der Waals surface area contributed by atoms with Crippen LogP contribution >= 0.6 is 11.3 Å². The van der Waals surface area contributed by atoms with Crippen LogP contribution in [0.15, 0.2) is 158 Å². The molecule has 4 nitrogen and oxygen atoms in total. The fraction of sp³-hybridized carbons (Fsp3) is 0.0417. The van der Waals surface area contributed by atoms with Gasteiger partial charge in [-0.05, 0) is 59.7 Å². The molecule has 53 heavy (non-hydrogen) atoms. The Kier molecular flexibility index (Phi) is 5.89. The smallest absolute Gasteiger partial charge is 0.160 e. The van der Waals surface area contributed by atoms with E-state index in [0.717, 1.165) is 39.2 Å². The first-order valence-corrected chi connectivity index (χ1v) is 19.0. The highest BCUT2D eigenvalue weighted by Gasteiger charge is 2.29. The molecule has 5 heterocycles. The fourth-order valence-corrected chi connectivity index (χ4v) is 10.2. The third kappa shape index (κ3) is 4.00. The number of fused-ring (bicyclic) bond motifs is 11. The average molecular weight is 695 g/mol. The van der Waals surface area contributed by atoms with Gasteiger partial charge in [-0.2, -0.15) is 0 Å². The Balaban J connectivity index is 1.05. The van der Waals surface area contributed by atoms with Gasteiger partial charge in [0.15, 0.2) is 5.82 Å². The average Bonchev–Trinajstić information content (AvgIpc) is 3.87. The Bertz CT molecular complexity index is 3270. The number of para-hydroxylation sites is 4. The van der Waals surface area contributed by atoms with E-state index < -0.39 is 0 Å². The largest absolute Gasteiger partial charge is 0.309 e. The van der Waals surface area contributed by atoms with E-state index in [1.165, 1.54) is 69.8 Å². The summed E-state index contributed by atoms with van der Waals surface area (Å²) in [4.78, 5) is 11.9. The van der Waals surface area contributed by atoms with Crippen molar-refractivity contribution in [3.8, 4) is 34.0 Å². The summed E-state index contributed by atoms with van der Waals surface area (Å²) >= 11 is 1.89. The molecule has 5 heteroatoms. The topological polar surface area (TPSA) is 35.6 Å². The molecular weight excluding hydrogens is 665 g/mol. The molecule has 1 atom stereocenters. The SMILES string of the molecule is CC1c2cc(-c3nc(-c4cccc(-n5c6ccccc6c6ccccc65)c4)nc4ccccc34)ccc2-n2c3sc4ccccc4c3c3cccc1c32. The molecule has 0 aliphatic carbocycles. The Morgan fingerprint density at radius 3 is 2.06 bits per heavy atom. The first kappa shape index (κ1) is 29.1. The number of nitrogens with zero attached hydrogens (tertiary/aromatic N) is 4. The minimum Gasteiger partial charge on any atom is -0.309 e. The maximum Gasteiger partial charge on any atom is 0.160 e. The Hall–Kier alpha value is -6.56. The van der Waals surface area contributed by atoms with Crippen molar-refractivity contribution in [2.24, 2.45) is 0 Å². The van der Waals surface area contributed by atoms with Crippen LogP contribution in [0.5, 0.6) is 0 Å². The Labute approximate surface area is 308 Å². The molecule has 0 saturated carbocycles. The van der Waals surface area contributed by atoms with Crippen LogP contribution < -0.4 is 0 Å². The van der Waals surface area contributed by atoms with Crippen molar-refractivity contribution in [1.29, 1.82) is 0 Å². The molecule has 11 aromatic rings. The molecule has 0 spiro atoms. The summed E-state index contributed by atoms with van der Waals surface area (Å²) in [5.41, 5.74) is 12.7. The van der Waals surface area contributed by atoms with Gasteiger partial charge in [0, 0.05) is 59.7 Å². The van der Waals surface area contributed by atoms with Gasteiger partial charge in [-0.1, -0.05) is 116 Å². The van der Waals surface area contributed by atoms with Crippen LogP contribution in [-0.4, -0.2) is 19.1 Å². The highest BCUT2D eigenvalue weighted by atomic mass is 32.1. The van der Waals surface area contributed by atoms with E-state index in [4.69, 9.17) is 9.97 Å². The summed E-state index contributed by atoms with van der Waals surface area (Å²) in [7, 11) is 0. The molecule has 12 rings (SSSR count). The quantitative estimate of drug-likeness (QED) is 0.185. The summed E-state index contributed by atoms with van der Waals surface area (Å²) < 4.78 is 6.20. The molecule has 0 amide bonds. The summed E-state index contributed by atoms with van der Waals surface area (Å²) in [6.45, 7) is 2.35. The summed E-state index contributed by atoms with van der Waals surface area (Å²) in [6, 6.07) is 57.0. The minimum absolute atomic E-state index is 0.229. The predicted molar refractivity (Wildman–Crippen MR) is 222 cm³/mol. The summed E-state index contributed by atoms with van der Waals surface area (Å²) in [6.07, 6.45) is 0. The van der Waals surface area contributed by atoms with Crippen molar-refractivity contribution in [2.75, 3.05) is 0 Å². The zero-order valence-electron chi connectivity index (χ0n) is 28.8. The van der Waals surface area contributed by atoms with Gasteiger partial charge in [0.1, 0.15) is 4.83 Å². The minimum atomic E-state index is 0.229. The van der Waals surface area contributed by atoms with E-state index in [-0.39, 0.29) is 5.92 Å². The van der Waals surface area contributed by atoms with Crippen LogP contribution in [0.4, 0.5) is 0 Å². The number of rotatable bonds is 3. The van der Waals surface area contributed by atoms with Crippen LogP contribution in [0.2, 0.25) is 0 Å². The molecule has 0 fully saturated rings. The lowest BCUT2D eigenvalue weighted by Crippen LogP contribution is -2.11. The van der Waals surface area contributed by atoms with Gasteiger partial charge in [0.05, 0.1) is 33.4 Å².